The number of hydrogen-bond donors (Lipinski definition) is 1. The molecule has 0 atom stereocenters. The number of para-hydroxylation sites is 2. The molecule has 124 valence electrons. The predicted molar refractivity (Wildman–Crippen MR) is 96.5 cm³/mol. The van der Waals surface area contributed by atoms with Gasteiger partial charge in [0.15, 0.2) is 5.16 Å². The van der Waals surface area contributed by atoms with Crippen molar-refractivity contribution in [3.8, 4) is 6.07 Å². The molecular weight excluding hydrogens is 336 g/mol. The Morgan fingerprint density at radius 3 is 2.60 bits per heavy atom. The Hall–Kier alpha value is -3.11. The second-order valence-corrected chi connectivity index (χ2v) is 6.21. The number of anilines is 1. The first-order valence-corrected chi connectivity index (χ1v) is 8.48. The molecule has 2 aromatic carbocycles. The van der Waals surface area contributed by atoms with Crippen molar-refractivity contribution in [1.29, 1.82) is 5.26 Å². The van der Waals surface area contributed by atoms with Gasteiger partial charge in [-0.1, -0.05) is 23.9 Å². The van der Waals surface area contributed by atoms with Gasteiger partial charge in [-0.15, -0.1) is 0 Å². The summed E-state index contributed by atoms with van der Waals surface area (Å²) in [4.78, 5) is 28.5. The molecule has 0 aliphatic heterocycles. The maximum Gasteiger partial charge on any atom is 0.234 e. The van der Waals surface area contributed by atoms with Gasteiger partial charge >= 0.3 is 0 Å². The number of aromatic nitrogens is 2. The number of amides is 1. The number of carbonyl (C=O) groups is 2. The summed E-state index contributed by atoms with van der Waals surface area (Å²) in [6.45, 7) is 1.47. The van der Waals surface area contributed by atoms with Crippen LogP contribution in [0.1, 0.15) is 17.3 Å². The van der Waals surface area contributed by atoms with Gasteiger partial charge in [0.1, 0.15) is 0 Å². The molecular formula is C18H14N4O2S. The lowest BCUT2D eigenvalue weighted by Crippen LogP contribution is -2.15. The highest BCUT2D eigenvalue weighted by Gasteiger charge is 2.15. The van der Waals surface area contributed by atoms with E-state index in [-0.39, 0.29) is 17.6 Å². The molecule has 0 bridgehead atoms. The summed E-state index contributed by atoms with van der Waals surface area (Å²) in [5.41, 5.74) is 2.59. The van der Waals surface area contributed by atoms with Gasteiger partial charge in [0.2, 0.25) is 11.8 Å². The molecule has 7 heteroatoms. The number of thioether (sulfide) groups is 1. The summed E-state index contributed by atoms with van der Waals surface area (Å²) in [7, 11) is 0. The summed E-state index contributed by atoms with van der Waals surface area (Å²) in [6, 6.07) is 16.0. The summed E-state index contributed by atoms with van der Waals surface area (Å²) in [5.74, 6) is -0.239. The summed E-state index contributed by atoms with van der Waals surface area (Å²) >= 11 is 1.20. The van der Waals surface area contributed by atoms with E-state index in [9.17, 15) is 9.59 Å². The molecule has 0 aliphatic rings. The van der Waals surface area contributed by atoms with Gasteiger partial charge in [-0.2, -0.15) is 5.26 Å². The van der Waals surface area contributed by atoms with E-state index in [0.717, 1.165) is 5.52 Å². The van der Waals surface area contributed by atoms with Crippen LogP contribution in [0.25, 0.3) is 11.0 Å². The number of nitriles is 1. The molecule has 0 saturated carbocycles. The van der Waals surface area contributed by atoms with Gasteiger partial charge in [0.05, 0.1) is 28.4 Å². The topological polar surface area (TPSA) is 87.8 Å². The fraction of sp³-hybridized carbons (Fsp3) is 0.111. The van der Waals surface area contributed by atoms with Gasteiger partial charge in [-0.05, 0) is 36.4 Å². The zero-order valence-electron chi connectivity index (χ0n) is 13.4. The van der Waals surface area contributed by atoms with Crippen molar-refractivity contribution >= 4 is 40.3 Å². The number of rotatable bonds is 4. The Balaban J connectivity index is 1.71. The number of imidazole rings is 1. The van der Waals surface area contributed by atoms with Crippen LogP contribution in [0.15, 0.2) is 53.7 Å². The predicted octanol–water partition coefficient (Wildman–Crippen LogP) is 3.30. The third-order valence-corrected chi connectivity index (χ3v) is 4.41. The molecule has 0 unspecified atom stereocenters. The maximum absolute atomic E-state index is 12.1. The first-order valence-electron chi connectivity index (χ1n) is 7.49. The number of carbonyl (C=O) groups excluding carboxylic acids is 2. The van der Waals surface area contributed by atoms with E-state index >= 15 is 0 Å². The molecule has 0 saturated heterocycles. The van der Waals surface area contributed by atoms with Crippen molar-refractivity contribution < 1.29 is 9.59 Å². The van der Waals surface area contributed by atoms with Crippen LogP contribution in [0.5, 0.6) is 0 Å². The second-order valence-electron chi connectivity index (χ2n) is 5.26. The number of fused-ring (bicyclic) bond motifs is 1. The van der Waals surface area contributed by atoms with Crippen molar-refractivity contribution in [3.05, 3.63) is 54.1 Å². The molecule has 0 spiro atoms. The summed E-state index contributed by atoms with van der Waals surface area (Å²) in [6.07, 6.45) is 0. The normalized spacial score (nSPS) is 10.4. The minimum absolute atomic E-state index is 0.122. The second kappa shape index (κ2) is 7.20. The molecule has 25 heavy (non-hydrogen) atoms. The lowest BCUT2D eigenvalue weighted by molar-refractivity contribution is -0.113. The molecule has 1 heterocycles. The Labute approximate surface area is 148 Å². The quantitative estimate of drug-likeness (QED) is 0.730. The molecule has 6 nitrogen and oxygen atoms in total. The Morgan fingerprint density at radius 1 is 1.20 bits per heavy atom. The zero-order valence-corrected chi connectivity index (χ0v) is 14.2. The first-order chi connectivity index (χ1) is 12.1. The van der Waals surface area contributed by atoms with E-state index in [4.69, 9.17) is 5.26 Å². The van der Waals surface area contributed by atoms with Crippen LogP contribution in [0.3, 0.4) is 0 Å². The largest absolute Gasteiger partial charge is 0.325 e. The third-order valence-electron chi connectivity index (χ3n) is 3.48. The third kappa shape index (κ3) is 3.70. The monoisotopic (exact) mass is 350 g/mol. The minimum Gasteiger partial charge on any atom is -0.325 e. The zero-order chi connectivity index (χ0) is 17.8. The van der Waals surface area contributed by atoms with E-state index in [0.29, 0.717) is 21.9 Å². The number of nitrogens with one attached hydrogen (secondary N) is 1. The van der Waals surface area contributed by atoms with Crippen molar-refractivity contribution in [1.82, 2.24) is 9.55 Å². The molecule has 1 amide bonds. The van der Waals surface area contributed by atoms with E-state index in [1.54, 1.807) is 24.3 Å². The first kappa shape index (κ1) is 16.7. The van der Waals surface area contributed by atoms with Crippen molar-refractivity contribution in [2.24, 2.45) is 0 Å². The van der Waals surface area contributed by atoms with E-state index in [1.165, 1.54) is 23.3 Å². The summed E-state index contributed by atoms with van der Waals surface area (Å²) in [5, 5.41) is 12.0. The van der Waals surface area contributed by atoms with Crippen molar-refractivity contribution in [3.63, 3.8) is 0 Å². The Kier molecular flexibility index (Phi) is 4.82. The lowest BCUT2D eigenvalue weighted by Gasteiger charge is -2.06. The maximum atomic E-state index is 12.1. The van der Waals surface area contributed by atoms with Gasteiger partial charge in [-0.3, -0.25) is 14.2 Å². The fourth-order valence-electron chi connectivity index (χ4n) is 2.36. The van der Waals surface area contributed by atoms with Crippen molar-refractivity contribution in [2.75, 3.05) is 11.1 Å². The Bertz CT molecular complexity index is 986. The highest BCUT2D eigenvalue weighted by molar-refractivity contribution is 7.99. The smallest absolute Gasteiger partial charge is 0.234 e. The van der Waals surface area contributed by atoms with Crippen molar-refractivity contribution in [2.45, 2.75) is 12.1 Å². The van der Waals surface area contributed by atoms with Gasteiger partial charge in [-0.25, -0.2) is 4.98 Å². The Morgan fingerprint density at radius 2 is 1.92 bits per heavy atom. The van der Waals surface area contributed by atoms with Gasteiger partial charge in [0.25, 0.3) is 0 Å². The van der Waals surface area contributed by atoms with E-state index in [1.807, 2.05) is 30.3 Å². The molecule has 1 N–H and O–H groups in total. The molecule has 3 aromatic rings. The van der Waals surface area contributed by atoms with E-state index < -0.39 is 0 Å². The SMILES string of the molecule is CC(=O)n1c(SCC(=O)Nc2ccc(C#N)cc2)nc2ccccc21. The number of hydrogen-bond acceptors (Lipinski definition) is 5. The lowest BCUT2D eigenvalue weighted by atomic mass is 10.2. The molecule has 1 aromatic heterocycles. The van der Waals surface area contributed by atoms with Crippen LogP contribution in [-0.4, -0.2) is 27.1 Å². The highest BCUT2D eigenvalue weighted by atomic mass is 32.2. The molecule has 0 radical (unpaired) electrons. The molecule has 3 rings (SSSR count). The average Bonchev–Trinajstić information content (AvgIpc) is 2.99. The van der Waals surface area contributed by atoms with Crippen LogP contribution in [0.2, 0.25) is 0 Å². The van der Waals surface area contributed by atoms with Crippen LogP contribution >= 0.6 is 11.8 Å². The number of nitrogens with zero attached hydrogens (tertiary/aromatic N) is 3. The van der Waals surface area contributed by atoms with Gasteiger partial charge in [0, 0.05) is 12.6 Å². The van der Waals surface area contributed by atoms with E-state index in [2.05, 4.69) is 10.3 Å². The standard InChI is InChI=1S/C18H14N4O2S/c1-12(23)22-16-5-3-2-4-15(16)21-18(22)25-11-17(24)20-14-8-6-13(10-19)7-9-14/h2-9H,11H2,1H3,(H,20,24). The van der Waals surface area contributed by atoms with Crippen LogP contribution in [0, 0.1) is 11.3 Å². The van der Waals surface area contributed by atoms with Crippen LogP contribution < -0.4 is 5.32 Å². The van der Waals surface area contributed by atoms with Crippen LogP contribution in [-0.2, 0) is 4.79 Å². The highest BCUT2D eigenvalue weighted by Crippen LogP contribution is 2.24. The minimum atomic E-state index is -0.211. The van der Waals surface area contributed by atoms with Gasteiger partial charge < -0.3 is 5.32 Å². The molecule has 0 fully saturated rings. The average molecular weight is 350 g/mol. The van der Waals surface area contributed by atoms with Crippen LogP contribution in [0.4, 0.5) is 5.69 Å². The molecule has 0 aliphatic carbocycles. The number of benzene rings is 2. The summed E-state index contributed by atoms with van der Waals surface area (Å²) < 4.78 is 1.51. The fourth-order valence-corrected chi connectivity index (χ4v) is 3.21.